The number of ether oxygens (including phenoxy) is 2. The summed E-state index contributed by atoms with van der Waals surface area (Å²) >= 11 is 6.00. The lowest BCUT2D eigenvalue weighted by atomic mass is 10.0. The van der Waals surface area contributed by atoms with E-state index in [1.165, 1.54) is 0 Å². The maximum Gasteiger partial charge on any atom is 0.155 e. The van der Waals surface area contributed by atoms with Gasteiger partial charge >= 0.3 is 0 Å². The Kier molecular flexibility index (Phi) is 5.55. The molecule has 1 aromatic heterocycles. The van der Waals surface area contributed by atoms with E-state index in [9.17, 15) is 0 Å². The molecule has 0 spiro atoms. The van der Waals surface area contributed by atoms with Crippen molar-refractivity contribution in [2.75, 3.05) is 19.8 Å². The van der Waals surface area contributed by atoms with Gasteiger partial charge in [-0.15, -0.1) is 0 Å². The molecule has 0 radical (unpaired) electrons. The molecular weight excluding hydrogens is 264 g/mol. The number of hydrogen-bond acceptors (Lipinski definition) is 4. The van der Waals surface area contributed by atoms with Crippen molar-refractivity contribution in [3.63, 3.8) is 0 Å². The molecule has 0 N–H and O–H groups in total. The lowest BCUT2D eigenvalue weighted by Gasteiger charge is -2.21. The van der Waals surface area contributed by atoms with Crippen LogP contribution in [0.5, 0.6) is 0 Å². The van der Waals surface area contributed by atoms with Crippen molar-refractivity contribution >= 4 is 11.6 Å². The van der Waals surface area contributed by atoms with Gasteiger partial charge in [-0.3, -0.25) is 0 Å². The van der Waals surface area contributed by atoms with Crippen molar-refractivity contribution in [3.8, 4) is 0 Å². The van der Waals surface area contributed by atoms with E-state index in [-0.39, 0.29) is 0 Å². The van der Waals surface area contributed by atoms with Gasteiger partial charge in [-0.1, -0.05) is 25.4 Å². The van der Waals surface area contributed by atoms with Crippen molar-refractivity contribution in [3.05, 3.63) is 22.7 Å². The molecular formula is C14H21ClN2O2. The van der Waals surface area contributed by atoms with E-state index in [1.807, 2.05) is 6.07 Å². The van der Waals surface area contributed by atoms with Gasteiger partial charge in [-0.2, -0.15) is 0 Å². The molecule has 2 heterocycles. The van der Waals surface area contributed by atoms with Crippen LogP contribution in [0.2, 0.25) is 5.15 Å². The third-order valence-electron chi connectivity index (χ3n) is 3.28. The molecule has 0 amide bonds. The zero-order valence-corrected chi connectivity index (χ0v) is 12.3. The summed E-state index contributed by atoms with van der Waals surface area (Å²) < 4.78 is 11.0. The largest absolute Gasteiger partial charge is 0.381 e. The zero-order valence-electron chi connectivity index (χ0n) is 11.6. The number of halogens is 1. The van der Waals surface area contributed by atoms with Gasteiger partial charge in [0.1, 0.15) is 11.8 Å². The second kappa shape index (κ2) is 7.17. The standard InChI is InChI=1S/C14H21ClN2O2/c1-10(2)12-7-13(15)17-14(16-12)9-19-8-11-3-5-18-6-4-11/h7,10-11H,3-6,8-9H2,1-2H3. The maximum absolute atomic E-state index is 6.00. The summed E-state index contributed by atoms with van der Waals surface area (Å²) in [6.07, 6.45) is 2.15. The van der Waals surface area contributed by atoms with E-state index in [4.69, 9.17) is 21.1 Å². The average Bonchev–Trinajstić information content (AvgIpc) is 2.39. The Morgan fingerprint density at radius 2 is 2.11 bits per heavy atom. The Labute approximate surface area is 119 Å². The fourth-order valence-electron chi connectivity index (χ4n) is 2.07. The Bertz CT molecular complexity index is 406. The van der Waals surface area contributed by atoms with Gasteiger partial charge in [0.25, 0.3) is 0 Å². The van der Waals surface area contributed by atoms with Gasteiger partial charge < -0.3 is 9.47 Å². The minimum atomic E-state index is 0.342. The fourth-order valence-corrected chi connectivity index (χ4v) is 2.28. The number of rotatable bonds is 5. The topological polar surface area (TPSA) is 44.2 Å². The van der Waals surface area contributed by atoms with Crippen LogP contribution in [-0.2, 0) is 16.1 Å². The van der Waals surface area contributed by atoms with Crippen molar-refractivity contribution in [2.24, 2.45) is 5.92 Å². The first kappa shape index (κ1) is 14.7. The summed E-state index contributed by atoms with van der Waals surface area (Å²) in [6.45, 7) is 7.04. The molecule has 106 valence electrons. The monoisotopic (exact) mass is 284 g/mol. The van der Waals surface area contributed by atoms with Gasteiger partial charge in [-0.25, -0.2) is 9.97 Å². The zero-order chi connectivity index (χ0) is 13.7. The predicted molar refractivity (Wildman–Crippen MR) is 74.3 cm³/mol. The molecule has 0 saturated carbocycles. The van der Waals surface area contributed by atoms with E-state index in [2.05, 4.69) is 23.8 Å². The molecule has 1 aliphatic rings. The van der Waals surface area contributed by atoms with Crippen LogP contribution in [0.4, 0.5) is 0 Å². The third kappa shape index (κ3) is 4.71. The number of nitrogens with zero attached hydrogens (tertiary/aromatic N) is 2. The normalized spacial score (nSPS) is 17.1. The van der Waals surface area contributed by atoms with Crippen LogP contribution in [0.1, 0.15) is 44.1 Å². The van der Waals surface area contributed by atoms with Gasteiger partial charge in [0.05, 0.1) is 6.61 Å². The van der Waals surface area contributed by atoms with Crippen molar-refractivity contribution in [1.82, 2.24) is 9.97 Å². The molecule has 1 aromatic rings. The highest BCUT2D eigenvalue weighted by molar-refractivity contribution is 6.29. The van der Waals surface area contributed by atoms with Crippen molar-refractivity contribution in [2.45, 2.75) is 39.2 Å². The second-order valence-corrected chi connectivity index (χ2v) is 5.64. The molecule has 0 unspecified atom stereocenters. The van der Waals surface area contributed by atoms with E-state index in [1.54, 1.807) is 0 Å². The summed E-state index contributed by atoms with van der Waals surface area (Å²) in [5, 5.41) is 0.489. The summed E-state index contributed by atoms with van der Waals surface area (Å²) in [5.41, 5.74) is 0.963. The van der Waals surface area contributed by atoms with Gasteiger partial charge in [0.2, 0.25) is 0 Å². The summed E-state index contributed by atoms with van der Waals surface area (Å²) in [6, 6.07) is 1.81. The van der Waals surface area contributed by atoms with Gasteiger partial charge in [-0.05, 0) is 30.7 Å². The molecule has 0 aliphatic carbocycles. The van der Waals surface area contributed by atoms with Crippen molar-refractivity contribution < 1.29 is 9.47 Å². The Morgan fingerprint density at radius 1 is 1.37 bits per heavy atom. The van der Waals surface area contributed by atoms with Gasteiger partial charge in [0, 0.05) is 18.9 Å². The molecule has 0 bridgehead atoms. The first-order chi connectivity index (χ1) is 9.15. The lowest BCUT2D eigenvalue weighted by molar-refractivity contribution is 0.0142. The smallest absolute Gasteiger partial charge is 0.155 e. The molecule has 1 fully saturated rings. The fraction of sp³-hybridized carbons (Fsp3) is 0.714. The summed E-state index contributed by atoms with van der Waals surface area (Å²) in [5.74, 6) is 1.61. The molecule has 19 heavy (non-hydrogen) atoms. The molecule has 4 nitrogen and oxygen atoms in total. The predicted octanol–water partition coefficient (Wildman–Crippen LogP) is 3.20. The Hall–Kier alpha value is -0.710. The van der Waals surface area contributed by atoms with Crippen LogP contribution in [0.25, 0.3) is 0 Å². The van der Waals surface area contributed by atoms with E-state index < -0.39 is 0 Å². The van der Waals surface area contributed by atoms with E-state index in [0.29, 0.717) is 29.4 Å². The third-order valence-corrected chi connectivity index (χ3v) is 3.47. The molecule has 0 aromatic carbocycles. The first-order valence-corrected chi connectivity index (χ1v) is 7.22. The minimum absolute atomic E-state index is 0.342. The highest BCUT2D eigenvalue weighted by Crippen LogP contribution is 2.17. The highest BCUT2D eigenvalue weighted by atomic mass is 35.5. The van der Waals surface area contributed by atoms with E-state index >= 15 is 0 Å². The first-order valence-electron chi connectivity index (χ1n) is 6.84. The van der Waals surface area contributed by atoms with Crippen LogP contribution in [0, 0.1) is 5.92 Å². The van der Waals surface area contributed by atoms with Gasteiger partial charge in [0.15, 0.2) is 5.82 Å². The number of aromatic nitrogens is 2. The molecule has 5 heteroatoms. The van der Waals surface area contributed by atoms with Crippen LogP contribution >= 0.6 is 11.6 Å². The second-order valence-electron chi connectivity index (χ2n) is 5.26. The van der Waals surface area contributed by atoms with E-state index in [0.717, 1.165) is 38.4 Å². The van der Waals surface area contributed by atoms with Crippen LogP contribution < -0.4 is 0 Å². The number of hydrogen-bond donors (Lipinski definition) is 0. The van der Waals surface area contributed by atoms with Crippen LogP contribution in [-0.4, -0.2) is 29.8 Å². The highest BCUT2D eigenvalue weighted by Gasteiger charge is 2.14. The summed E-state index contributed by atoms with van der Waals surface area (Å²) in [7, 11) is 0. The minimum Gasteiger partial charge on any atom is -0.381 e. The Balaban J connectivity index is 1.84. The summed E-state index contributed by atoms with van der Waals surface area (Å²) in [4.78, 5) is 8.67. The average molecular weight is 285 g/mol. The lowest BCUT2D eigenvalue weighted by Crippen LogP contribution is -2.20. The Morgan fingerprint density at radius 3 is 2.79 bits per heavy atom. The quantitative estimate of drug-likeness (QED) is 0.779. The molecule has 1 saturated heterocycles. The molecule has 2 rings (SSSR count). The van der Waals surface area contributed by atoms with Crippen LogP contribution in [0.3, 0.4) is 0 Å². The SMILES string of the molecule is CC(C)c1cc(Cl)nc(COCC2CCOCC2)n1. The molecule has 0 atom stereocenters. The van der Waals surface area contributed by atoms with Crippen molar-refractivity contribution in [1.29, 1.82) is 0 Å². The maximum atomic E-state index is 6.00. The molecule has 1 aliphatic heterocycles. The van der Waals surface area contributed by atoms with Crippen LogP contribution in [0.15, 0.2) is 6.07 Å².